The Morgan fingerprint density at radius 2 is 1.95 bits per heavy atom. The Labute approximate surface area is 125 Å². The second kappa shape index (κ2) is 6.17. The summed E-state index contributed by atoms with van der Waals surface area (Å²) in [7, 11) is 0. The quantitative estimate of drug-likeness (QED) is 0.856. The fourth-order valence-electron chi connectivity index (χ4n) is 2.03. The molecule has 0 radical (unpaired) electrons. The zero-order valence-electron chi connectivity index (χ0n) is 11.1. The average Bonchev–Trinajstić information content (AvgIpc) is 2.71. The van der Waals surface area contributed by atoms with Gasteiger partial charge in [0.1, 0.15) is 0 Å². The smallest absolute Gasteiger partial charge is 0.229 e. The maximum absolute atomic E-state index is 11.8. The zero-order valence-corrected chi connectivity index (χ0v) is 12.7. The van der Waals surface area contributed by atoms with Crippen LogP contribution in [0.15, 0.2) is 22.7 Å². The third-order valence-corrected chi connectivity index (χ3v) is 4.05. The van der Waals surface area contributed by atoms with Crippen LogP contribution in [-0.4, -0.2) is 29.2 Å². The number of carbonyl (C=O) groups is 3. The molecule has 1 saturated heterocycles. The van der Waals surface area contributed by atoms with Crippen LogP contribution in [0.1, 0.15) is 24.8 Å². The first-order chi connectivity index (χ1) is 9.47. The van der Waals surface area contributed by atoms with Gasteiger partial charge >= 0.3 is 0 Å². The minimum absolute atomic E-state index is 0.118. The number of carbonyl (C=O) groups excluding carboxylic acids is 3. The monoisotopic (exact) mass is 338 g/mol. The van der Waals surface area contributed by atoms with Gasteiger partial charge in [-0.25, -0.2) is 0 Å². The molecule has 1 aliphatic heterocycles. The first-order valence-corrected chi connectivity index (χ1v) is 7.16. The fourth-order valence-corrected chi connectivity index (χ4v) is 2.28. The number of rotatable bonds is 4. The van der Waals surface area contributed by atoms with Gasteiger partial charge in [-0.3, -0.25) is 19.3 Å². The second-order valence-electron chi connectivity index (χ2n) is 4.70. The Bertz CT molecular complexity index is 556. The van der Waals surface area contributed by atoms with Crippen molar-refractivity contribution in [2.45, 2.75) is 26.2 Å². The van der Waals surface area contributed by atoms with Crippen LogP contribution in [0.5, 0.6) is 0 Å². The summed E-state index contributed by atoms with van der Waals surface area (Å²) in [6, 6.07) is 5.51. The predicted molar refractivity (Wildman–Crippen MR) is 78.1 cm³/mol. The standard InChI is InChI=1S/C14H15BrN2O3/c1-9-8-10(2-3-11(9)15)16-12(18)6-7-17-13(19)4-5-14(17)20/h2-3,8H,4-7H2,1H3,(H,16,18). The van der Waals surface area contributed by atoms with E-state index in [1.165, 1.54) is 0 Å². The summed E-state index contributed by atoms with van der Waals surface area (Å²) in [6.07, 6.45) is 0.630. The predicted octanol–water partition coefficient (Wildman–Crippen LogP) is 2.24. The Kier molecular flexibility index (Phi) is 4.54. The van der Waals surface area contributed by atoms with Gasteiger partial charge in [0.2, 0.25) is 17.7 Å². The molecule has 1 fully saturated rings. The van der Waals surface area contributed by atoms with Crippen molar-refractivity contribution in [3.05, 3.63) is 28.2 Å². The number of halogens is 1. The highest BCUT2D eigenvalue weighted by Gasteiger charge is 2.28. The maximum Gasteiger partial charge on any atom is 0.229 e. The Morgan fingerprint density at radius 1 is 1.30 bits per heavy atom. The number of hydrogen-bond donors (Lipinski definition) is 1. The molecule has 0 saturated carbocycles. The van der Waals surface area contributed by atoms with E-state index < -0.39 is 0 Å². The van der Waals surface area contributed by atoms with E-state index in [-0.39, 0.29) is 43.5 Å². The van der Waals surface area contributed by atoms with Gasteiger partial charge in [0.25, 0.3) is 0 Å². The van der Waals surface area contributed by atoms with Crippen LogP contribution < -0.4 is 5.32 Å². The first-order valence-electron chi connectivity index (χ1n) is 6.36. The summed E-state index contributed by atoms with van der Waals surface area (Å²) < 4.78 is 0.976. The van der Waals surface area contributed by atoms with Crippen LogP contribution >= 0.6 is 15.9 Å². The lowest BCUT2D eigenvalue weighted by Gasteiger charge is -2.13. The number of likely N-dealkylation sites (tertiary alicyclic amines) is 1. The van der Waals surface area contributed by atoms with E-state index in [0.717, 1.165) is 14.9 Å². The van der Waals surface area contributed by atoms with Gasteiger partial charge in [0, 0.05) is 36.0 Å². The van der Waals surface area contributed by atoms with Crippen LogP contribution in [-0.2, 0) is 14.4 Å². The molecule has 0 spiro atoms. The van der Waals surface area contributed by atoms with Gasteiger partial charge in [-0.05, 0) is 30.7 Å². The number of anilines is 1. The zero-order chi connectivity index (χ0) is 14.7. The lowest BCUT2D eigenvalue weighted by molar-refractivity contribution is -0.138. The molecule has 0 bridgehead atoms. The molecule has 0 aromatic heterocycles. The summed E-state index contributed by atoms with van der Waals surface area (Å²) in [5.74, 6) is -0.594. The van der Waals surface area contributed by atoms with Gasteiger partial charge < -0.3 is 5.32 Å². The van der Waals surface area contributed by atoms with Crippen molar-refractivity contribution in [2.24, 2.45) is 0 Å². The molecular formula is C14H15BrN2O3. The van der Waals surface area contributed by atoms with Crippen molar-refractivity contribution in [3.8, 4) is 0 Å². The van der Waals surface area contributed by atoms with E-state index >= 15 is 0 Å². The van der Waals surface area contributed by atoms with Gasteiger partial charge in [-0.1, -0.05) is 15.9 Å². The Morgan fingerprint density at radius 3 is 2.55 bits per heavy atom. The molecule has 1 aromatic rings. The fraction of sp³-hybridized carbons (Fsp3) is 0.357. The molecule has 1 aromatic carbocycles. The second-order valence-corrected chi connectivity index (χ2v) is 5.56. The highest BCUT2D eigenvalue weighted by Crippen LogP contribution is 2.20. The molecule has 5 nitrogen and oxygen atoms in total. The normalized spacial score (nSPS) is 14.8. The van der Waals surface area contributed by atoms with Crippen LogP contribution in [0.25, 0.3) is 0 Å². The van der Waals surface area contributed by atoms with Crippen molar-refractivity contribution in [3.63, 3.8) is 0 Å². The molecule has 1 aliphatic rings. The SMILES string of the molecule is Cc1cc(NC(=O)CCN2C(=O)CCC2=O)ccc1Br. The highest BCUT2D eigenvalue weighted by molar-refractivity contribution is 9.10. The molecule has 106 valence electrons. The van der Waals surface area contributed by atoms with E-state index in [2.05, 4.69) is 21.2 Å². The molecule has 1 N–H and O–H groups in total. The lowest BCUT2D eigenvalue weighted by atomic mass is 10.2. The molecule has 20 heavy (non-hydrogen) atoms. The van der Waals surface area contributed by atoms with Gasteiger partial charge in [0.05, 0.1) is 0 Å². The number of aryl methyl sites for hydroxylation is 1. The summed E-state index contributed by atoms with van der Waals surface area (Å²) in [5, 5.41) is 2.75. The highest BCUT2D eigenvalue weighted by atomic mass is 79.9. The molecule has 6 heteroatoms. The number of imide groups is 1. The average molecular weight is 339 g/mol. The lowest BCUT2D eigenvalue weighted by Crippen LogP contribution is -2.32. The molecule has 0 aliphatic carbocycles. The van der Waals surface area contributed by atoms with Crippen molar-refractivity contribution in [1.82, 2.24) is 4.90 Å². The number of nitrogens with zero attached hydrogens (tertiary/aromatic N) is 1. The molecule has 2 rings (SSSR count). The van der Waals surface area contributed by atoms with Crippen molar-refractivity contribution in [2.75, 3.05) is 11.9 Å². The summed E-state index contributed by atoms with van der Waals surface area (Å²) in [6.45, 7) is 2.08. The minimum atomic E-state index is -0.209. The van der Waals surface area contributed by atoms with E-state index in [1.807, 2.05) is 19.1 Å². The molecule has 0 unspecified atom stereocenters. The maximum atomic E-state index is 11.8. The van der Waals surface area contributed by atoms with E-state index in [9.17, 15) is 14.4 Å². The van der Waals surface area contributed by atoms with Crippen LogP contribution in [0.2, 0.25) is 0 Å². The van der Waals surface area contributed by atoms with Crippen molar-refractivity contribution in [1.29, 1.82) is 0 Å². The summed E-state index contributed by atoms with van der Waals surface area (Å²) in [4.78, 5) is 35.8. The Balaban J connectivity index is 1.88. The summed E-state index contributed by atoms with van der Waals surface area (Å²) in [5.41, 5.74) is 1.72. The van der Waals surface area contributed by atoms with E-state index in [4.69, 9.17) is 0 Å². The third-order valence-electron chi connectivity index (χ3n) is 3.16. The molecular weight excluding hydrogens is 324 g/mol. The van der Waals surface area contributed by atoms with Gasteiger partial charge in [-0.2, -0.15) is 0 Å². The van der Waals surface area contributed by atoms with Crippen LogP contribution in [0, 0.1) is 6.92 Å². The van der Waals surface area contributed by atoms with Crippen molar-refractivity contribution >= 4 is 39.3 Å². The molecule has 0 atom stereocenters. The first kappa shape index (κ1) is 14.7. The van der Waals surface area contributed by atoms with E-state index in [0.29, 0.717) is 5.69 Å². The van der Waals surface area contributed by atoms with Gasteiger partial charge in [0.15, 0.2) is 0 Å². The third kappa shape index (κ3) is 3.45. The number of hydrogen-bond acceptors (Lipinski definition) is 3. The number of nitrogens with one attached hydrogen (secondary N) is 1. The number of amides is 3. The molecule has 3 amide bonds. The molecule has 1 heterocycles. The Hall–Kier alpha value is -1.69. The van der Waals surface area contributed by atoms with Crippen LogP contribution in [0.4, 0.5) is 5.69 Å². The number of benzene rings is 1. The van der Waals surface area contributed by atoms with Gasteiger partial charge in [-0.15, -0.1) is 0 Å². The van der Waals surface area contributed by atoms with Crippen LogP contribution in [0.3, 0.4) is 0 Å². The topological polar surface area (TPSA) is 66.5 Å². The largest absolute Gasteiger partial charge is 0.326 e. The minimum Gasteiger partial charge on any atom is -0.326 e. The van der Waals surface area contributed by atoms with Crippen molar-refractivity contribution < 1.29 is 14.4 Å². The van der Waals surface area contributed by atoms with E-state index in [1.54, 1.807) is 6.07 Å². The summed E-state index contributed by atoms with van der Waals surface area (Å²) >= 11 is 3.39.